The number of nitriles is 1. The van der Waals surface area contributed by atoms with Crippen LogP contribution in [0, 0.1) is 11.3 Å². The molecule has 0 radical (unpaired) electrons. The maximum Gasteiger partial charge on any atom is 0.303 e. The Balaban J connectivity index is 2.44. The summed E-state index contributed by atoms with van der Waals surface area (Å²) in [6.45, 7) is 0.590. The van der Waals surface area contributed by atoms with Crippen molar-refractivity contribution in [2.75, 3.05) is 13.1 Å². The van der Waals surface area contributed by atoms with E-state index in [4.69, 9.17) is 15.5 Å². The van der Waals surface area contributed by atoms with Crippen LogP contribution in [0.3, 0.4) is 0 Å². The van der Waals surface area contributed by atoms with Gasteiger partial charge in [-0.2, -0.15) is 5.26 Å². The lowest BCUT2D eigenvalue weighted by atomic mass is 10.1. The lowest BCUT2D eigenvalue weighted by Crippen LogP contribution is -2.27. The van der Waals surface area contributed by atoms with E-state index in [9.17, 15) is 18.0 Å². The Bertz CT molecular complexity index is 810. The van der Waals surface area contributed by atoms with Gasteiger partial charge in [-0.1, -0.05) is 12.1 Å². The number of amides is 1. The maximum absolute atomic E-state index is 11.8. The van der Waals surface area contributed by atoms with Gasteiger partial charge >= 0.3 is 5.97 Å². The summed E-state index contributed by atoms with van der Waals surface area (Å²) in [6, 6.07) is 7.84. The van der Waals surface area contributed by atoms with E-state index < -0.39 is 21.9 Å². The number of nitrogens with one attached hydrogen (secondary N) is 2. The van der Waals surface area contributed by atoms with E-state index in [1.165, 1.54) is 18.3 Å². The van der Waals surface area contributed by atoms with Crippen molar-refractivity contribution in [3.05, 3.63) is 41.6 Å². The second kappa shape index (κ2) is 10.2. The first-order valence-electron chi connectivity index (χ1n) is 7.69. The summed E-state index contributed by atoms with van der Waals surface area (Å²) in [4.78, 5) is 22.2. The molecule has 140 valence electrons. The molecule has 0 aliphatic heterocycles. The summed E-state index contributed by atoms with van der Waals surface area (Å²) >= 11 is 0. The predicted octanol–water partition coefficient (Wildman–Crippen LogP) is -0.145. The summed E-state index contributed by atoms with van der Waals surface area (Å²) < 4.78 is 22.3. The number of carboxylic acid groups (broad SMARTS) is 1. The van der Waals surface area contributed by atoms with Gasteiger partial charge in [-0.05, 0) is 30.5 Å². The summed E-state index contributed by atoms with van der Waals surface area (Å²) in [5.41, 5.74) is 0.736. The van der Waals surface area contributed by atoms with Crippen molar-refractivity contribution in [2.24, 2.45) is 5.14 Å². The molecular weight excluding hydrogens is 360 g/mol. The first-order chi connectivity index (χ1) is 12.2. The molecule has 0 atom stereocenters. The van der Waals surface area contributed by atoms with Gasteiger partial charge in [0.15, 0.2) is 0 Å². The number of primary sulfonamides is 1. The van der Waals surface area contributed by atoms with Crippen molar-refractivity contribution < 1.29 is 23.1 Å². The molecule has 10 heteroatoms. The lowest BCUT2D eigenvalue weighted by Gasteiger charge is -2.05. The number of carbonyl (C=O) groups excluding carboxylic acids is 1. The summed E-state index contributed by atoms with van der Waals surface area (Å²) in [6.07, 6.45) is 2.04. The van der Waals surface area contributed by atoms with Crippen LogP contribution in [0.1, 0.15) is 18.4 Å². The number of hydrogen-bond acceptors (Lipinski definition) is 6. The highest BCUT2D eigenvalue weighted by Crippen LogP contribution is 2.08. The van der Waals surface area contributed by atoms with Crippen molar-refractivity contribution in [3.8, 4) is 6.07 Å². The van der Waals surface area contributed by atoms with E-state index in [-0.39, 0.29) is 29.9 Å². The molecule has 0 aromatic heterocycles. The fraction of sp³-hybridized carbons (Fsp3) is 0.312. The van der Waals surface area contributed by atoms with Crippen LogP contribution in [-0.4, -0.2) is 38.5 Å². The van der Waals surface area contributed by atoms with Crippen LogP contribution < -0.4 is 15.8 Å². The zero-order chi connectivity index (χ0) is 19.6. The smallest absolute Gasteiger partial charge is 0.303 e. The van der Waals surface area contributed by atoms with Crippen LogP contribution in [0.2, 0.25) is 0 Å². The largest absolute Gasteiger partial charge is 0.481 e. The van der Waals surface area contributed by atoms with Crippen LogP contribution in [-0.2, 0) is 26.0 Å². The van der Waals surface area contributed by atoms with Crippen LogP contribution in [0.15, 0.2) is 40.9 Å². The molecule has 1 amide bonds. The number of carboxylic acids is 1. The van der Waals surface area contributed by atoms with E-state index >= 15 is 0 Å². The molecule has 0 aliphatic rings. The van der Waals surface area contributed by atoms with E-state index in [1.54, 1.807) is 18.2 Å². The van der Waals surface area contributed by atoms with Gasteiger partial charge in [-0.25, -0.2) is 13.6 Å². The van der Waals surface area contributed by atoms with Crippen molar-refractivity contribution in [2.45, 2.75) is 24.2 Å². The van der Waals surface area contributed by atoms with Gasteiger partial charge < -0.3 is 15.7 Å². The minimum Gasteiger partial charge on any atom is -0.481 e. The van der Waals surface area contributed by atoms with Gasteiger partial charge in [0.1, 0.15) is 11.6 Å². The highest BCUT2D eigenvalue weighted by atomic mass is 32.2. The van der Waals surface area contributed by atoms with Crippen molar-refractivity contribution >= 4 is 21.9 Å². The molecule has 5 N–H and O–H groups in total. The Morgan fingerprint density at radius 2 is 1.88 bits per heavy atom. The molecule has 0 saturated heterocycles. The van der Waals surface area contributed by atoms with Crippen LogP contribution >= 0.6 is 0 Å². The molecule has 9 nitrogen and oxygen atoms in total. The average molecular weight is 380 g/mol. The Labute approximate surface area is 151 Å². The van der Waals surface area contributed by atoms with Gasteiger partial charge in [0.05, 0.1) is 4.90 Å². The monoisotopic (exact) mass is 380 g/mol. The van der Waals surface area contributed by atoms with Gasteiger partial charge in [0.25, 0.3) is 5.91 Å². The molecule has 1 aromatic carbocycles. The number of hydrogen-bond donors (Lipinski definition) is 4. The third-order valence-electron chi connectivity index (χ3n) is 3.27. The van der Waals surface area contributed by atoms with Crippen molar-refractivity contribution in [1.82, 2.24) is 10.6 Å². The fourth-order valence-electron chi connectivity index (χ4n) is 1.92. The third-order valence-corrected chi connectivity index (χ3v) is 4.20. The highest BCUT2D eigenvalue weighted by Gasteiger charge is 2.09. The highest BCUT2D eigenvalue weighted by molar-refractivity contribution is 7.89. The number of sulfonamides is 1. The molecular formula is C16H20N4O5S. The molecule has 0 bridgehead atoms. The normalized spacial score (nSPS) is 11.5. The Kier molecular flexibility index (Phi) is 8.27. The Hall–Kier alpha value is -2.90. The lowest BCUT2D eigenvalue weighted by molar-refractivity contribution is -0.137. The minimum absolute atomic E-state index is 0.0282. The summed E-state index contributed by atoms with van der Waals surface area (Å²) in [5, 5.41) is 27.8. The van der Waals surface area contributed by atoms with Gasteiger partial charge in [-0.15, -0.1) is 0 Å². The van der Waals surface area contributed by atoms with Crippen molar-refractivity contribution in [1.29, 1.82) is 5.26 Å². The van der Waals surface area contributed by atoms with E-state index in [1.807, 2.05) is 0 Å². The van der Waals surface area contributed by atoms with Crippen LogP contribution in [0.25, 0.3) is 0 Å². The standard InChI is InChI=1S/C16H20N4O5S/c17-10-13(16(23)20-8-1-2-15(21)22)11-19-9-7-12-3-5-14(6-4-12)26(18,24)25/h3-6,11,19H,1-2,7-9H2,(H,20,23)(H,21,22)(H2,18,24,25)/b13-11-. The molecule has 0 fully saturated rings. The zero-order valence-corrected chi connectivity index (χ0v) is 14.8. The SMILES string of the molecule is N#C/C(=C/NCCc1ccc(S(N)(=O)=O)cc1)C(=O)NCCCC(=O)O. The number of aliphatic carboxylic acids is 1. The van der Waals surface area contributed by atoms with Crippen molar-refractivity contribution in [3.63, 3.8) is 0 Å². The predicted molar refractivity (Wildman–Crippen MR) is 93.1 cm³/mol. The first-order valence-corrected chi connectivity index (χ1v) is 9.24. The number of carbonyl (C=O) groups is 2. The number of rotatable bonds is 10. The molecule has 0 unspecified atom stereocenters. The Morgan fingerprint density at radius 3 is 2.42 bits per heavy atom. The molecule has 0 aliphatic carbocycles. The minimum atomic E-state index is -3.72. The van der Waals surface area contributed by atoms with E-state index in [2.05, 4.69) is 10.6 Å². The maximum atomic E-state index is 11.8. The topological polar surface area (TPSA) is 162 Å². The summed E-state index contributed by atoms with van der Waals surface area (Å²) in [7, 11) is -3.72. The molecule has 0 spiro atoms. The van der Waals surface area contributed by atoms with Gasteiger partial charge in [-0.3, -0.25) is 9.59 Å². The quantitative estimate of drug-likeness (QED) is 0.249. The molecule has 0 heterocycles. The second-order valence-corrected chi connectivity index (χ2v) is 6.88. The van der Waals surface area contributed by atoms with Crippen LogP contribution in [0.4, 0.5) is 0 Å². The second-order valence-electron chi connectivity index (χ2n) is 5.32. The molecule has 26 heavy (non-hydrogen) atoms. The number of nitrogens with zero attached hydrogens (tertiary/aromatic N) is 1. The number of nitrogens with two attached hydrogens (primary N) is 1. The zero-order valence-electron chi connectivity index (χ0n) is 13.9. The summed E-state index contributed by atoms with van der Waals surface area (Å²) in [5.74, 6) is -1.53. The molecule has 1 rings (SSSR count). The first kappa shape index (κ1) is 21.1. The average Bonchev–Trinajstić information content (AvgIpc) is 2.58. The molecule has 0 saturated carbocycles. The third kappa shape index (κ3) is 7.78. The molecule has 1 aromatic rings. The van der Waals surface area contributed by atoms with Gasteiger partial charge in [0.2, 0.25) is 10.0 Å². The number of benzene rings is 1. The van der Waals surface area contributed by atoms with E-state index in [0.717, 1.165) is 5.56 Å². The fourth-order valence-corrected chi connectivity index (χ4v) is 2.44. The van der Waals surface area contributed by atoms with Gasteiger partial charge in [0, 0.05) is 25.7 Å². The Morgan fingerprint density at radius 1 is 1.23 bits per heavy atom. The van der Waals surface area contributed by atoms with E-state index in [0.29, 0.717) is 13.0 Å². The van der Waals surface area contributed by atoms with Crippen LogP contribution in [0.5, 0.6) is 0 Å².